The molecule has 0 saturated carbocycles. The van der Waals surface area contributed by atoms with Gasteiger partial charge in [0.25, 0.3) is 0 Å². The molecule has 1 aromatic carbocycles. The van der Waals surface area contributed by atoms with Gasteiger partial charge in [-0.15, -0.1) is 0 Å². The van der Waals surface area contributed by atoms with Gasteiger partial charge in [-0.2, -0.15) is 0 Å². The van der Waals surface area contributed by atoms with E-state index in [0.717, 1.165) is 5.56 Å². The number of carbonyl (C=O) groups is 1. The van der Waals surface area contributed by atoms with Crippen LogP contribution in [0.2, 0.25) is 0 Å². The van der Waals surface area contributed by atoms with Crippen LogP contribution in [0.5, 0.6) is 0 Å². The monoisotopic (exact) mass is 234 g/mol. The Morgan fingerprint density at radius 1 is 1.29 bits per heavy atom. The van der Waals surface area contributed by atoms with Crippen molar-refractivity contribution in [3.8, 4) is 0 Å². The Kier molecular flexibility index (Phi) is 3.90. The molecule has 17 heavy (non-hydrogen) atoms. The lowest BCUT2D eigenvalue weighted by molar-refractivity contribution is -0.000912. The Bertz CT molecular complexity index is 402. The van der Waals surface area contributed by atoms with Gasteiger partial charge in [-0.3, -0.25) is 0 Å². The summed E-state index contributed by atoms with van der Waals surface area (Å²) in [4.78, 5) is 11.2. The molecule has 90 valence electrons. The van der Waals surface area contributed by atoms with Crippen molar-refractivity contribution in [1.82, 2.24) is 0 Å². The Morgan fingerprint density at radius 2 is 1.94 bits per heavy atom. The SMILES string of the molecule is COC(=O)c1ccc(/C=C/C2OCCO2)cc1. The molecule has 2 rings (SSSR count). The number of benzene rings is 1. The Morgan fingerprint density at radius 3 is 2.53 bits per heavy atom. The van der Waals surface area contributed by atoms with Crippen LogP contribution < -0.4 is 0 Å². The van der Waals surface area contributed by atoms with E-state index in [1.165, 1.54) is 7.11 Å². The van der Waals surface area contributed by atoms with Crippen LogP contribution in [0, 0.1) is 0 Å². The Balaban J connectivity index is 2.00. The minimum Gasteiger partial charge on any atom is -0.465 e. The highest BCUT2D eigenvalue weighted by Crippen LogP contribution is 2.10. The van der Waals surface area contributed by atoms with Gasteiger partial charge in [0.1, 0.15) is 0 Å². The highest BCUT2D eigenvalue weighted by molar-refractivity contribution is 5.89. The van der Waals surface area contributed by atoms with Crippen LogP contribution in [0.15, 0.2) is 30.3 Å². The van der Waals surface area contributed by atoms with Crippen molar-refractivity contribution >= 4 is 12.0 Å². The van der Waals surface area contributed by atoms with Gasteiger partial charge in [-0.25, -0.2) is 4.79 Å². The molecule has 1 aliphatic heterocycles. The lowest BCUT2D eigenvalue weighted by Gasteiger charge is -2.02. The van der Waals surface area contributed by atoms with E-state index in [1.54, 1.807) is 12.1 Å². The Labute approximate surface area is 99.8 Å². The zero-order valence-corrected chi connectivity index (χ0v) is 9.59. The normalized spacial score (nSPS) is 16.5. The second-order valence-corrected chi connectivity index (χ2v) is 3.58. The first-order valence-corrected chi connectivity index (χ1v) is 5.39. The smallest absolute Gasteiger partial charge is 0.337 e. The molecule has 0 atom stereocenters. The van der Waals surface area contributed by atoms with E-state index >= 15 is 0 Å². The third kappa shape index (κ3) is 3.15. The Hall–Kier alpha value is -1.65. The molecule has 1 aliphatic rings. The van der Waals surface area contributed by atoms with E-state index in [0.29, 0.717) is 18.8 Å². The number of esters is 1. The number of hydrogen-bond acceptors (Lipinski definition) is 4. The first kappa shape index (κ1) is 11.8. The molecule has 0 bridgehead atoms. The van der Waals surface area contributed by atoms with E-state index in [9.17, 15) is 4.79 Å². The van der Waals surface area contributed by atoms with Crippen LogP contribution in [0.1, 0.15) is 15.9 Å². The second kappa shape index (κ2) is 5.61. The maximum Gasteiger partial charge on any atom is 0.337 e. The zero-order chi connectivity index (χ0) is 12.1. The number of ether oxygens (including phenoxy) is 3. The predicted octanol–water partition coefficient (Wildman–Crippen LogP) is 1.86. The molecule has 0 amide bonds. The summed E-state index contributed by atoms with van der Waals surface area (Å²) in [5, 5.41) is 0. The minimum atomic E-state index is -0.331. The van der Waals surface area contributed by atoms with E-state index < -0.39 is 0 Å². The van der Waals surface area contributed by atoms with Gasteiger partial charge in [0.05, 0.1) is 25.9 Å². The van der Waals surface area contributed by atoms with Crippen LogP contribution >= 0.6 is 0 Å². The fourth-order valence-corrected chi connectivity index (χ4v) is 1.53. The molecule has 0 N–H and O–H groups in total. The first-order chi connectivity index (χ1) is 8.29. The molecule has 1 fully saturated rings. The van der Waals surface area contributed by atoms with E-state index in [2.05, 4.69) is 4.74 Å². The zero-order valence-electron chi connectivity index (χ0n) is 9.59. The fraction of sp³-hybridized carbons (Fsp3) is 0.308. The quantitative estimate of drug-likeness (QED) is 0.749. The molecular formula is C13H14O4. The third-order valence-corrected chi connectivity index (χ3v) is 2.43. The standard InChI is InChI=1S/C13H14O4/c1-15-13(14)11-5-2-10(3-6-11)4-7-12-16-8-9-17-12/h2-7,12H,8-9H2,1H3/b7-4+. The molecule has 1 saturated heterocycles. The highest BCUT2D eigenvalue weighted by Gasteiger charge is 2.11. The summed E-state index contributed by atoms with van der Waals surface area (Å²) < 4.78 is 15.2. The van der Waals surface area contributed by atoms with Crippen LogP contribution in [0.3, 0.4) is 0 Å². The van der Waals surface area contributed by atoms with Gasteiger partial charge in [0.2, 0.25) is 0 Å². The van der Waals surface area contributed by atoms with Gasteiger partial charge in [-0.05, 0) is 23.8 Å². The number of rotatable bonds is 3. The number of methoxy groups -OCH3 is 1. The van der Waals surface area contributed by atoms with Crippen molar-refractivity contribution in [3.63, 3.8) is 0 Å². The van der Waals surface area contributed by atoms with Gasteiger partial charge in [0, 0.05) is 0 Å². The van der Waals surface area contributed by atoms with Crippen LogP contribution in [-0.4, -0.2) is 32.6 Å². The van der Waals surface area contributed by atoms with E-state index in [-0.39, 0.29) is 12.3 Å². The molecule has 0 aromatic heterocycles. The summed E-state index contributed by atoms with van der Waals surface area (Å²) in [6.45, 7) is 1.27. The molecule has 0 aliphatic carbocycles. The molecule has 0 radical (unpaired) electrons. The van der Waals surface area contributed by atoms with E-state index in [4.69, 9.17) is 9.47 Å². The predicted molar refractivity (Wildman–Crippen MR) is 62.5 cm³/mol. The average Bonchev–Trinajstić information content (AvgIpc) is 2.89. The van der Waals surface area contributed by atoms with Crippen molar-refractivity contribution < 1.29 is 19.0 Å². The lowest BCUT2D eigenvalue weighted by atomic mass is 10.1. The number of hydrogen-bond donors (Lipinski definition) is 0. The largest absolute Gasteiger partial charge is 0.465 e. The van der Waals surface area contributed by atoms with Crippen molar-refractivity contribution in [3.05, 3.63) is 41.5 Å². The summed E-state index contributed by atoms with van der Waals surface area (Å²) in [6, 6.07) is 7.14. The summed E-state index contributed by atoms with van der Waals surface area (Å²) in [5.74, 6) is -0.331. The first-order valence-electron chi connectivity index (χ1n) is 5.39. The fourth-order valence-electron chi connectivity index (χ4n) is 1.53. The summed E-state index contributed by atoms with van der Waals surface area (Å²) >= 11 is 0. The third-order valence-electron chi connectivity index (χ3n) is 2.43. The second-order valence-electron chi connectivity index (χ2n) is 3.58. The number of carbonyl (C=O) groups excluding carboxylic acids is 1. The van der Waals surface area contributed by atoms with Gasteiger partial charge < -0.3 is 14.2 Å². The van der Waals surface area contributed by atoms with Gasteiger partial charge >= 0.3 is 5.97 Å². The molecule has 4 nitrogen and oxygen atoms in total. The molecule has 1 aromatic rings. The molecular weight excluding hydrogens is 220 g/mol. The average molecular weight is 234 g/mol. The maximum atomic E-state index is 11.2. The lowest BCUT2D eigenvalue weighted by Crippen LogP contribution is -2.02. The molecule has 1 heterocycles. The van der Waals surface area contributed by atoms with Crippen molar-refractivity contribution in [2.24, 2.45) is 0 Å². The van der Waals surface area contributed by atoms with Crippen LogP contribution in [0.25, 0.3) is 6.08 Å². The maximum absolute atomic E-state index is 11.2. The summed E-state index contributed by atoms with van der Waals surface area (Å²) in [7, 11) is 1.37. The minimum absolute atomic E-state index is 0.254. The summed E-state index contributed by atoms with van der Waals surface area (Å²) in [5.41, 5.74) is 1.52. The van der Waals surface area contributed by atoms with Crippen LogP contribution in [0.4, 0.5) is 0 Å². The van der Waals surface area contributed by atoms with Gasteiger partial charge in [-0.1, -0.05) is 18.2 Å². The molecule has 0 spiro atoms. The highest BCUT2D eigenvalue weighted by atomic mass is 16.7. The van der Waals surface area contributed by atoms with E-state index in [1.807, 2.05) is 24.3 Å². The molecule has 0 unspecified atom stereocenters. The topological polar surface area (TPSA) is 44.8 Å². The van der Waals surface area contributed by atoms with Crippen molar-refractivity contribution in [2.75, 3.05) is 20.3 Å². The van der Waals surface area contributed by atoms with Crippen LogP contribution in [-0.2, 0) is 14.2 Å². The van der Waals surface area contributed by atoms with Gasteiger partial charge in [0.15, 0.2) is 6.29 Å². The summed E-state index contributed by atoms with van der Waals surface area (Å²) in [6.07, 6.45) is 3.49. The van der Waals surface area contributed by atoms with Crippen molar-refractivity contribution in [2.45, 2.75) is 6.29 Å². The van der Waals surface area contributed by atoms with Crippen molar-refractivity contribution in [1.29, 1.82) is 0 Å². The molecule has 4 heteroatoms.